The lowest BCUT2D eigenvalue weighted by atomic mass is 10.0. The minimum Gasteiger partial charge on any atom is -0.494 e. The van der Waals surface area contributed by atoms with Gasteiger partial charge in [-0.15, -0.1) is 0 Å². The van der Waals surface area contributed by atoms with Crippen molar-refractivity contribution in [1.82, 2.24) is 9.62 Å². The summed E-state index contributed by atoms with van der Waals surface area (Å²) in [5, 5.41) is 0. The molecule has 1 aromatic carbocycles. The summed E-state index contributed by atoms with van der Waals surface area (Å²) in [6.07, 6.45) is 1.93. The van der Waals surface area contributed by atoms with Crippen molar-refractivity contribution in [2.24, 2.45) is 0 Å². The zero-order chi connectivity index (χ0) is 18.4. The van der Waals surface area contributed by atoms with Crippen LogP contribution in [0.4, 0.5) is 10.1 Å². The van der Waals surface area contributed by atoms with Crippen LogP contribution in [0.15, 0.2) is 18.2 Å². The number of carbonyl (C=O) groups excluding carboxylic acids is 1. The third-order valence-electron chi connectivity index (χ3n) is 4.39. The molecule has 3 rings (SSSR count). The van der Waals surface area contributed by atoms with Crippen molar-refractivity contribution in [2.45, 2.75) is 19.9 Å². The van der Waals surface area contributed by atoms with Gasteiger partial charge in [0.15, 0.2) is 5.82 Å². The highest BCUT2D eigenvalue weighted by Crippen LogP contribution is 2.38. The molecule has 0 unspecified atom stereocenters. The second-order valence-electron chi connectivity index (χ2n) is 6.27. The molecule has 0 aliphatic carbocycles. The van der Waals surface area contributed by atoms with Gasteiger partial charge in [0, 0.05) is 24.7 Å². The van der Waals surface area contributed by atoms with Gasteiger partial charge < -0.3 is 4.74 Å². The topological polar surface area (TPSA) is 79.0 Å². The fourth-order valence-electron chi connectivity index (χ4n) is 3.00. The molecule has 1 fully saturated rings. The first-order valence-corrected chi connectivity index (χ1v) is 9.32. The summed E-state index contributed by atoms with van der Waals surface area (Å²) < 4.78 is 47.2. The molecule has 2 heterocycles. The minimum atomic E-state index is -4.12. The molecule has 2 aliphatic heterocycles. The van der Waals surface area contributed by atoms with Gasteiger partial charge in [-0.2, -0.15) is 8.42 Å². The van der Waals surface area contributed by atoms with Crippen molar-refractivity contribution in [3.8, 4) is 5.75 Å². The summed E-state index contributed by atoms with van der Waals surface area (Å²) in [5.41, 5.74) is 0.849. The van der Waals surface area contributed by atoms with E-state index in [2.05, 4.69) is 18.7 Å². The van der Waals surface area contributed by atoms with Crippen LogP contribution in [0.25, 0.3) is 5.57 Å². The molecule has 1 saturated heterocycles. The first-order chi connectivity index (χ1) is 11.7. The molecular weight excluding hydrogens is 349 g/mol. The fraction of sp³-hybridized carbons (Fsp3) is 0.438. The van der Waals surface area contributed by atoms with Gasteiger partial charge in [0.25, 0.3) is 5.91 Å². The number of methoxy groups -OCH3 is 1. The fourth-order valence-corrected chi connectivity index (χ4v) is 4.16. The summed E-state index contributed by atoms with van der Waals surface area (Å²) in [7, 11) is -2.80. The maximum atomic E-state index is 15.2. The zero-order valence-electron chi connectivity index (χ0n) is 14.2. The van der Waals surface area contributed by atoms with E-state index < -0.39 is 28.5 Å². The lowest BCUT2D eigenvalue weighted by molar-refractivity contribution is -0.117. The number of halogens is 1. The van der Waals surface area contributed by atoms with Crippen molar-refractivity contribution < 1.29 is 22.3 Å². The van der Waals surface area contributed by atoms with Crippen molar-refractivity contribution in [3.63, 3.8) is 0 Å². The summed E-state index contributed by atoms with van der Waals surface area (Å²) in [6.45, 7) is 4.91. The number of ether oxygens (including phenoxy) is 1. The molecule has 25 heavy (non-hydrogen) atoms. The van der Waals surface area contributed by atoms with E-state index in [-0.39, 0.29) is 11.4 Å². The predicted molar refractivity (Wildman–Crippen MR) is 92.0 cm³/mol. The zero-order valence-corrected chi connectivity index (χ0v) is 15.1. The van der Waals surface area contributed by atoms with E-state index in [1.54, 1.807) is 6.07 Å². The van der Waals surface area contributed by atoms with Gasteiger partial charge in [-0.05, 0) is 31.6 Å². The lowest BCUT2D eigenvalue weighted by Gasteiger charge is -2.22. The molecule has 0 aromatic heterocycles. The van der Waals surface area contributed by atoms with Gasteiger partial charge >= 0.3 is 10.2 Å². The number of anilines is 1. The van der Waals surface area contributed by atoms with Crippen LogP contribution in [-0.2, 0) is 15.0 Å². The number of benzene rings is 1. The second-order valence-corrected chi connectivity index (χ2v) is 7.86. The molecule has 0 radical (unpaired) electrons. The van der Waals surface area contributed by atoms with Gasteiger partial charge in [-0.25, -0.2) is 13.4 Å². The van der Waals surface area contributed by atoms with Crippen LogP contribution in [0, 0.1) is 5.82 Å². The summed E-state index contributed by atoms with van der Waals surface area (Å²) in [4.78, 5) is 13.7. The largest absolute Gasteiger partial charge is 0.494 e. The van der Waals surface area contributed by atoms with Crippen LogP contribution in [0.2, 0.25) is 0 Å². The number of nitrogens with one attached hydrogen (secondary N) is 1. The maximum absolute atomic E-state index is 15.2. The molecule has 136 valence electrons. The van der Waals surface area contributed by atoms with Crippen molar-refractivity contribution in [2.75, 3.05) is 31.0 Å². The third-order valence-corrected chi connectivity index (χ3v) is 5.77. The molecule has 1 N–H and O–H groups in total. The Morgan fingerprint density at radius 1 is 1.28 bits per heavy atom. The van der Waals surface area contributed by atoms with Gasteiger partial charge in [0.1, 0.15) is 18.0 Å². The highest BCUT2D eigenvalue weighted by atomic mass is 32.2. The molecule has 1 amide bonds. The van der Waals surface area contributed by atoms with Crippen LogP contribution in [0.3, 0.4) is 0 Å². The molecular formula is C16H20FN3O4S. The lowest BCUT2D eigenvalue weighted by Crippen LogP contribution is -2.31. The number of amides is 1. The Morgan fingerprint density at radius 3 is 2.52 bits per heavy atom. The van der Waals surface area contributed by atoms with Crippen LogP contribution >= 0.6 is 0 Å². The number of hydrogen-bond donors (Lipinski definition) is 1. The Morgan fingerprint density at radius 2 is 2.00 bits per heavy atom. The Balaban J connectivity index is 2.06. The molecule has 0 saturated carbocycles. The molecule has 0 spiro atoms. The monoisotopic (exact) mass is 369 g/mol. The van der Waals surface area contributed by atoms with E-state index >= 15 is 4.39 Å². The minimum absolute atomic E-state index is 0.0561. The van der Waals surface area contributed by atoms with Crippen molar-refractivity contribution in [3.05, 3.63) is 29.6 Å². The molecule has 2 aliphatic rings. The number of carbonyl (C=O) groups is 1. The first kappa shape index (κ1) is 17.7. The van der Waals surface area contributed by atoms with Gasteiger partial charge in [-0.1, -0.05) is 6.08 Å². The van der Waals surface area contributed by atoms with Gasteiger partial charge in [0.05, 0.1) is 7.11 Å². The quantitative estimate of drug-likeness (QED) is 0.861. The Bertz CT molecular complexity index is 851. The van der Waals surface area contributed by atoms with Gasteiger partial charge in [-0.3, -0.25) is 9.69 Å². The van der Waals surface area contributed by atoms with Crippen LogP contribution in [0.1, 0.15) is 19.4 Å². The Labute approximate surface area is 146 Å². The summed E-state index contributed by atoms with van der Waals surface area (Å²) >= 11 is 0. The number of rotatable bonds is 4. The maximum Gasteiger partial charge on any atom is 0.326 e. The predicted octanol–water partition coefficient (Wildman–Crippen LogP) is 1.12. The van der Waals surface area contributed by atoms with Gasteiger partial charge in [0.2, 0.25) is 0 Å². The highest BCUT2D eigenvalue weighted by Gasteiger charge is 2.38. The van der Waals surface area contributed by atoms with Crippen LogP contribution in [0.5, 0.6) is 5.75 Å². The second kappa shape index (κ2) is 6.30. The van der Waals surface area contributed by atoms with E-state index in [0.717, 1.165) is 5.57 Å². The van der Waals surface area contributed by atoms with Crippen LogP contribution < -0.4 is 13.8 Å². The average Bonchev–Trinajstić information content (AvgIpc) is 3.11. The van der Waals surface area contributed by atoms with E-state index in [4.69, 9.17) is 4.74 Å². The number of hydrogen-bond acceptors (Lipinski definition) is 5. The van der Waals surface area contributed by atoms with E-state index in [1.807, 2.05) is 10.8 Å². The highest BCUT2D eigenvalue weighted by molar-refractivity contribution is 7.92. The van der Waals surface area contributed by atoms with Crippen molar-refractivity contribution in [1.29, 1.82) is 0 Å². The van der Waals surface area contributed by atoms with Crippen LogP contribution in [-0.4, -0.2) is 52.0 Å². The molecule has 1 aromatic rings. The SMILES string of the molecule is COc1ccc(C2=CCN(C(C)C)C2)c(F)c1N1CC(=O)NS1(=O)=O. The summed E-state index contributed by atoms with van der Waals surface area (Å²) in [5.74, 6) is -1.37. The Hall–Kier alpha value is -2.13. The smallest absolute Gasteiger partial charge is 0.326 e. The van der Waals surface area contributed by atoms with E-state index in [9.17, 15) is 13.2 Å². The molecule has 9 heteroatoms. The molecule has 7 nitrogen and oxygen atoms in total. The van der Waals surface area contributed by atoms with Crippen molar-refractivity contribution >= 4 is 27.4 Å². The Kier molecular flexibility index (Phi) is 4.46. The summed E-state index contributed by atoms with van der Waals surface area (Å²) in [6, 6.07) is 3.41. The average molecular weight is 369 g/mol. The number of nitrogens with zero attached hydrogens (tertiary/aromatic N) is 2. The normalized spacial score (nSPS) is 20.1. The van der Waals surface area contributed by atoms with E-state index in [0.29, 0.717) is 29.0 Å². The first-order valence-electron chi connectivity index (χ1n) is 7.88. The standard InChI is InChI=1S/C16H20FN3O4S/c1-10(2)19-7-6-11(8-19)12-4-5-13(24-3)16(15(12)17)20-9-14(21)18-25(20,22)23/h4-6,10H,7-9H2,1-3H3,(H,18,21). The molecule has 0 bridgehead atoms. The third kappa shape index (κ3) is 3.09. The van der Waals surface area contributed by atoms with E-state index in [1.165, 1.54) is 13.2 Å². The molecule has 0 atom stereocenters.